The quantitative estimate of drug-likeness (QED) is 0.0796. The van der Waals surface area contributed by atoms with Crippen LogP contribution in [0, 0.1) is 3.57 Å². The molecule has 1 N–H and O–H groups in total. The fourth-order valence-electron chi connectivity index (χ4n) is 14.7. The van der Waals surface area contributed by atoms with Gasteiger partial charge in [0.25, 0.3) is 0 Å². The topological polar surface area (TPSA) is 41.6 Å². The maximum absolute atomic E-state index is 6.39. The van der Waals surface area contributed by atoms with Crippen molar-refractivity contribution < 1.29 is 10.3 Å². The van der Waals surface area contributed by atoms with Gasteiger partial charge >= 0.3 is 0 Å². The lowest BCUT2D eigenvalue weighted by atomic mass is 9.99. The van der Waals surface area contributed by atoms with E-state index in [-0.39, 0.29) is 17.3 Å². The molecule has 0 fully saturated rings. The molecule has 107 heavy (non-hydrogen) atoms. The molecule has 0 bridgehead atoms. The third-order valence-corrected chi connectivity index (χ3v) is 20.8. The van der Waals surface area contributed by atoms with Gasteiger partial charge in [-0.05, 0) is 206 Å². The van der Waals surface area contributed by atoms with Gasteiger partial charge in [-0.25, -0.2) is 0 Å². The van der Waals surface area contributed by atoms with E-state index in [1.165, 1.54) is 91.2 Å². The van der Waals surface area contributed by atoms with E-state index in [1.807, 2.05) is 30.3 Å². The number of hydrogen-bond acceptors (Lipinski definition) is 4. The fourth-order valence-corrected chi connectivity index (χ4v) is 15.2. The van der Waals surface area contributed by atoms with E-state index in [0.29, 0.717) is 0 Å². The summed E-state index contributed by atoms with van der Waals surface area (Å²) in [4.78, 5) is 2.35. The van der Waals surface area contributed by atoms with Gasteiger partial charge in [0.1, 0.15) is 22.3 Å². The first-order chi connectivity index (χ1) is 51.9. The summed E-state index contributed by atoms with van der Waals surface area (Å²) in [6.07, 6.45) is 0. The van der Waals surface area contributed by atoms with Crippen LogP contribution >= 0.6 is 22.6 Å². The molecule has 0 atom stereocenters. The van der Waals surface area contributed by atoms with Crippen LogP contribution in [0.15, 0.2) is 409 Å². The van der Waals surface area contributed by atoms with Crippen LogP contribution in [-0.4, -0.2) is 8.41 Å². The van der Waals surface area contributed by atoms with Crippen LogP contribution in [0.1, 0.15) is 8.85 Å². The largest absolute Gasteiger partial charge is 0.455 e. The number of rotatable bonds is 11. The summed E-state index contributed by atoms with van der Waals surface area (Å²) in [6, 6.07) is 142. The predicted molar refractivity (Wildman–Crippen MR) is 468 cm³/mol. The van der Waals surface area contributed by atoms with E-state index in [9.17, 15) is 0 Å². The lowest BCUT2D eigenvalue weighted by Crippen LogP contribution is -2.09. The number of anilines is 5. The zero-order valence-corrected chi connectivity index (χ0v) is 60.0. The molecule has 0 unspecified atom stereocenters. The third kappa shape index (κ3) is 13.9. The molecule has 20 aromatic rings. The Morgan fingerprint density at radius 3 is 0.991 bits per heavy atom. The van der Waals surface area contributed by atoms with Crippen molar-refractivity contribution in [3.63, 3.8) is 0 Å². The number of furan rings is 2. The first kappa shape index (κ1) is 68.4. The second-order valence-electron chi connectivity index (χ2n) is 26.5. The lowest BCUT2D eigenvalue weighted by molar-refractivity contribution is 0.669. The molecule has 0 spiro atoms. The van der Waals surface area contributed by atoms with Gasteiger partial charge in [-0.2, -0.15) is 0 Å². The van der Waals surface area contributed by atoms with E-state index in [4.69, 9.17) is 8.83 Å². The Kier molecular flexibility index (Phi) is 19.4. The van der Waals surface area contributed by atoms with Crippen LogP contribution < -0.4 is 10.2 Å². The molecule has 2 heterocycles. The summed E-state index contributed by atoms with van der Waals surface area (Å²) in [7, 11) is 0. The molecule has 6 heteroatoms. The van der Waals surface area contributed by atoms with E-state index in [1.54, 1.807) is 0 Å². The Morgan fingerprint density at radius 2 is 0.542 bits per heavy atom. The Hall–Kier alpha value is -13.0. The number of hydrogen-bond donors (Lipinski definition) is 1. The van der Waals surface area contributed by atoms with Crippen molar-refractivity contribution in [3.05, 3.63) is 404 Å². The molecular weight excluding hydrogens is 1410 g/mol. The van der Waals surface area contributed by atoms with Gasteiger partial charge in [-0.3, -0.25) is 0 Å². The molecule has 0 amide bonds. The third-order valence-electron chi connectivity index (χ3n) is 20.1. The maximum atomic E-state index is 6.39. The zero-order valence-electron chi connectivity index (χ0n) is 57.8. The number of para-hydroxylation sites is 4. The van der Waals surface area contributed by atoms with E-state index < -0.39 is 0 Å². The molecule has 0 aliphatic rings. The van der Waals surface area contributed by atoms with Crippen LogP contribution in [0.3, 0.4) is 0 Å². The van der Waals surface area contributed by atoms with Crippen molar-refractivity contribution in [1.82, 2.24) is 0 Å². The second kappa shape index (κ2) is 30.4. The van der Waals surface area contributed by atoms with E-state index >= 15 is 0 Å². The molecule has 0 saturated heterocycles. The highest BCUT2D eigenvalue weighted by Gasteiger charge is 2.18. The average Bonchev–Trinajstić information content (AvgIpc) is 1.52. The molecule has 0 saturated carbocycles. The van der Waals surface area contributed by atoms with Gasteiger partial charge in [-0.1, -0.05) is 323 Å². The van der Waals surface area contributed by atoms with Gasteiger partial charge in [0, 0.05) is 74.5 Å². The Bertz CT molecular complexity index is 6530. The van der Waals surface area contributed by atoms with Crippen molar-refractivity contribution in [2.75, 3.05) is 10.2 Å². The molecule has 0 aliphatic heterocycles. The minimum atomic E-state index is 0. The smallest absolute Gasteiger partial charge is 0.143 e. The minimum absolute atomic E-state index is 0. The summed E-state index contributed by atoms with van der Waals surface area (Å²) in [6.45, 7) is 0. The predicted octanol–water partition coefficient (Wildman–Crippen LogP) is 29.8. The van der Waals surface area contributed by atoms with E-state index in [2.05, 4.69) is 403 Å². The van der Waals surface area contributed by atoms with E-state index in [0.717, 1.165) is 94.6 Å². The van der Waals surface area contributed by atoms with Gasteiger partial charge in [0.05, 0.1) is 0 Å². The monoisotopic (exact) mass is 1480 g/mol. The van der Waals surface area contributed by atoms with Gasteiger partial charge < -0.3 is 19.1 Å². The molecule has 0 aliphatic carbocycles. The fraction of sp³-hybridized carbons (Fsp3) is 0.00990. The van der Waals surface area contributed by atoms with Crippen molar-refractivity contribution >= 4 is 146 Å². The average molecular weight is 1480 g/mol. The highest BCUT2D eigenvalue weighted by Crippen LogP contribution is 2.43. The Balaban J connectivity index is 0.000000145. The van der Waals surface area contributed by atoms with Crippen LogP contribution in [0.2, 0.25) is 0 Å². The summed E-state index contributed by atoms with van der Waals surface area (Å²) in [5.41, 5.74) is 23.2. The highest BCUT2D eigenvalue weighted by molar-refractivity contribution is 14.1. The number of benzene rings is 18. The molecule has 509 valence electrons. The first-order valence-electron chi connectivity index (χ1n) is 35.5. The summed E-state index contributed by atoms with van der Waals surface area (Å²) in [5, 5.41) is 18.4. The molecule has 4 nitrogen and oxygen atoms in total. The standard InChI is InChI=1S/C50H33NO.C36H25NO.C14H9I.CH4.B.H2/c1-2-9-34(10-3-1)35-17-19-36(20-18-35)37-23-27-41(28-24-37)51(43-31-32-45-40(33-43)22-21-38-11-4-5-12-44(38)45)42-29-25-39(26-30-42)46-14-8-15-48-47-13-6-7-16-49(47)52-50(46)48;1-2-7-25(8-3-1)26-13-15-27(16-14-26)28-17-21-30(22-18-28)37-31-23-19-29(20-24-31)32-10-6-11-34-33-9-4-5-12-35(33)38-36(32)34;15-12-7-8-14-11(9-12)6-5-10-3-1-2-4-13(10)14;;;/h1-33H;1-24,37H;1-9H;1H4;;1H. The number of nitrogens with zero attached hydrogens (tertiary/aromatic N) is 1. The van der Waals surface area contributed by atoms with Crippen LogP contribution in [0.5, 0.6) is 0 Å². The summed E-state index contributed by atoms with van der Waals surface area (Å²) >= 11 is 2.35. The summed E-state index contributed by atoms with van der Waals surface area (Å²) < 4.78 is 13.9. The number of fused-ring (bicyclic) bond motifs is 12. The molecule has 20 rings (SSSR count). The maximum Gasteiger partial charge on any atom is 0.143 e. The van der Waals surface area contributed by atoms with Gasteiger partial charge in [0.15, 0.2) is 0 Å². The molecule has 18 aromatic carbocycles. The normalized spacial score (nSPS) is 11.1. The van der Waals surface area contributed by atoms with Crippen molar-refractivity contribution in [2.24, 2.45) is 0 Å². The van der Waals surface area contributed by atoms with Crippen LogP contribution in [0.25, 0.3) is 154 Å². The lowest BCUT2D eigenvalue weighted by Gasteiger charge is -2.26. The molecule has 3 radical (unpaired) electrons. The first-order valence-corrected chi connectivity index (χ1v) is 36.6. The highest BCUT2D eigenvalue weighted by atomic mass is 127. The Labute approximate surface area is 640 Å². The second-order valence-corrected chi connectivity index (χ2v) is 27.7. The number of halogens is 1. The van der Waals surface area contributed by atoms with Crippen molar-refractivity contribution in [3.8, 4) is 66.8 Å². The Morgan fingerprint density at radius 1 is 0.234 bits per heavy atom. The van der Waals surface area contributed by atoms with Crippen molar-refractivity contribution in [1.29, 1.82) is 0 Å². The SMILES string of the molecule is C.Ic1ccc2c(ccc3ccccc32)c1.[B].[HH].c1ccc(-c2ccc(-c3ccc(N(c4ccc(-c5cccc6c5oc5ccccc56)cc4)c4ccc5c(ccc6ccccc65)c4)cc3)cc2)cc1.c1ccc(-c2ccc(-c3ccc(Nc4ccc(-c5cccc6c5oc5ccccc56)cc4)cc3)cc2)cc1. The van der Waals surface area contributed by atoms with Crippen LogP contribution in [-0.2, 0) is 0 Å². The van der Waals surface area contributed by atoms with Crippen molar-refractivity contribution in [2.45, 2.75) is 7.43 Å². The van der Waals surface area contributed by atoms with Gasteiger partial charge in [0.2, 0.25) is 0 Å². The minimum Gasteiger partial charge on any atom is -0.455 e. The molecule has 2 aromatic heterocycles. The zero-order chi connectivity index (χ0) is 70.0. The van der Waals surface area contributed by atoms with Gasteiger partial charge in [-0.15, -0.1) is 0 Å². The van der Waals surface area contributed by atoms with Crippen LogP contribution in [0.4, 0.5) is 28.4 Å². The summed E-state index contributed by atoms with van der Waals surface area (Å²) in [5.74, 6) is 0. The number of nitrogens with one attached hydrogen (secondary N) is 1. The molecular formula is C101H73BIN2O2.